The molecule has 21 heavy (non-hydrogen) atoms. The molecule has 0 aliphatic rings. The Morgan fingerprint density at radius 1 is 1.24 bits per heavy atom. The fourth-order valence-electron chi connectivity index (χ4n) is 1.87. The van der Waals surface area contributed by atoms with Crippen molar-refractivity contribution in [2.75, 3.05) is 19.8 Å². The number of hydrogen-bond donors (Lipinski definition) is 1. The monoisotopic (exact) mass is 308 g/mol. The van der Waals surface area contributed by atoms with Crippen molar-refractivity contribution in [1.82, 2.24) is 14.1 Å². The molecule has 0 spiro atoms. The first-order valence-corrected chi connectivity index (χ1v) is 8.05. The summed E-state index contributed by atoms with van der Waals surface area (Å²) < 4.78 is 27.2. The third-order valence-corrected chi connectivity index (χ3v) is 5.04. The number of nitrogens with two attached hydrogens (primary N) is 1. The van der Waals surface area contributed by atoms with Gasteiger partial charge in [0.1, 0.15) is 0 Å². The van der Waals surface area contributed by atoms with Gasteiger partial charge >= 0.3 is 0 Å². The maximum atomic E-state index is 12.2. The minimum Gasteiger partial charge on any atom is -0.397 e. The summed E-state index contributed by atoms with van der Waals surface area (Å²) in [5.41, 5.74) is 7.92. The molecule has 0 radical (unpaired) electrons. The molecule has 1 heterocycles. The van der Waals surface area contributed by atoms with Gasteiger partial charge in [-0.3, -0.25) is 0 Å². The summed E-state index contributed by atoms with van der Waals surface area (Å²) in [5, 5.41) is 4.44. The quantitative estimate of drug-likeness (QED) is 0.874. The number of anilines is 1. The minimum atomic E-state index is -3.50. The number of hydrogen-bond acceptors (Lipinski definition) is 4. The van der Waals surface area contributed by atoms with Crippen LogP contribution in [-0.2, 0) is 10.0 Å². The van der Waals surface area contributed by atoms with E-state index in [9.17, 15) is 8.42 Å². The van der Waals surface area contributed by atoms with Crippen LogP contribution in [0.1, 0.15) is 25.5 Å². The average molecular weight is 308 g/mol. The second kappa shape index (κ2) is 5.50. The van der Waals surface area contributed by atoms with Gasteiger partial charge in [-0.1, -0.05) is 13.8 Å². The minimum absolute atomic E-state index is 0.193. The second-order valence-corrected chi connectivity index (χ2v) is 7.50. The Bertz CT molecular complexity index is 748. The van der Waals surface area contributed by atoms with E-state index in [2.05, 4.69) is 5.10 Å². The molecule has 2 rings (SSSR count). The number of nitrogen functional groups attached to an aromatic ring is 1. The SMILES string of the molecule is CC(C)c1ccn(-c2cc(S(=O)(=O)N(C)C)ccc2N)n1. The number of rotatable bonds is 4. The maximum absolute atomic E-state index is 12.2. The van der Waals surface area contributed by atoms with Gasteiger partial charge in [0.25, 0.3) is 0 Å². The molecule has 114 valence electrons. The van der Waals surface area contributed by atoms with Gasteiger partial charge in [-0.25, -0.2) is 17.4 Å². The highest BCUT2D eigenvalue weighted by atomic mass is 32.2. The van der Waals surface area contributed by atoms with Crippen LogP contribution in [-0.4, -0.2) is 36.6 Å². The molecule has 7 heteroatoms. The maximum Gasteiger partial charge on any atom is 0.242 e. The molecule has 0 atom stereocenters. The summed E-state index contributed by atoms with van der Waals surface area (Å²) >= 11 is 0. The lowest BCUT2D eigenvalue weighted by Gasteiger charge is -2.13. The van der Waals surface area contributed by atoms with E-state index in [1.54, 1.807) is 23.0 Å². The Hall–Kier alpha value is -1.86. The summed E-state index contributed by atoms with van der Waals surface area (Å²) in [7, 11) is -0.505. The number of benzene rings is 1. The molecule has 0 unspecified atom stereocenters. The Morgan fingerprint density at radius 3 is 2.43 bits per heavy atom. The molecule has 0 amide bonds. The van der Waals surface area contributed by atoms with Gasteiger partial charge in [-0.05, 0) is 30.2 Å². The number of nitrogens with zero attached hydrogens (tertiary/aromatic N) is 3. The molecule has 0 bridgehead atoms. The van der Waals surface area contributed by atoms with Gasteiger partial charge in [0.2, 0.25) is 10.0 Å². The lowest BCUT2D eigenvalue weighted by molar-refractivity contribution is 0.520. The smallest absolute Gasteiger partial charge is 0.242 e. The van der Waals surface area contributed by atoms with E-state index in [4.69, 9.17) is 5.73 Å². The van der Waals surface area contributed by atoms with Crippen LogP contribution in [0.5, 0.6) is 0 Å². The summed E-state index contributed by atoms with van der Waals surface area (Å²) in [4.78, 5) is 0.193. The van der Waals surface area contributed by atoms with Crippen LogP contribution in [0.25, 0.3) is 5.69 Å². The van der Waals surface area contributed by atoms with Gasteiger partial charge in [-0.15, -0.1) is 0 Å². The van der Waals surface area contributed by atoms with E-state index in [1.807, 2.05) is 19.9 Å². The van der Waals surface area contributed by atoms with E-state index in [-0.39, 0.29) is 4.90 Å². The van der Waals surface area contributed by atoms with Gasteiger partial charge in [0.15, 0.2) is 0 Å². The first-order chi connectivity index (χ1) is 9.73. The molecule has 0 saturated heterocycles. The number of sulfonamides is 1. The molecule has 1 aromatic heterocycles. The van der Waals surface area contributed by atoms with Crippen LogP contribution in [0, 0.1) is 0 Å². The van der Waals surface area contributed by atoms with Crippen molar-refractivity contribution in [2.45, 2.75) is 24.7 Å². The molecular weight excluding hydrogens is 288 g/mol. The van der Waals surface area contributed by atoms with E-state index >= 15 is 0 Å². The third-order valence-electron chi connectivity index (χ3n) is 3.23. The summed E-state index contributed by atoms with van der Waals surface area (Å²) in [6, 6.07) is 6.53. The molecule has 2 N–H and O–H groups in total. The third kappa shape index (κ3) is 2.93. The lowest BCUT2D eigenvalue weighted by atomic mass is 10.1. The molecule has 0 aliphatic carbocycles. The van der Waals surface area contributed by atoms with E-state index in [1.165, 1.54) is 24.5 Å². The van der Waals surface area contributed by atoms with Gasteiger partial charge in [0.05, 0.1) is 22.0 Å². The Labute approximate surface area is 125 Å². The first kappa shape index (κ1) is 15.5. The second-order valence-electron chi connectivity index (χ2n) is 5.35. The zero-order valence-electron chi connectivity index (χ0n) is 12.6. The van der Waals surface area contributed by atoms with Crippen molar-refractivity contribution < 1.29 is 8.42 Å². The zero-order chi connectivity index (χ0) is 15.8. The predicted molar refractivity (Wildman–Crippen MR) is 82.9 cm³/mol. The van der Waals surface area contributed by atoms with Crippen molar-refractivity contribution in [3.8, 4) is 5.69 Å². The molecular formula is C14H20N4O2S. The van der Waals surface area contributed by atoms with Gasteiger partial charge in [-0.2, -0.15) is 5.10 Å². The first-order valence-electron chi connectivity index (χ1n) is 6.61. The molecule has 1 aromatic carbocycles. The van der Waals surface area contributed by atoms with Crippen LogP contribution < -0.4 is 5.73 Å². The molecule has 0 saturated carbocycles. The van der Waals surface area contributed by atoms with Crippen molar-refractivity contribution in [3.63, 3.8) is 0 Å². The van der Waals surface area contributed by atoms with Crippen LogP contribution >= 0.6 is 0 Å². The highest BCUT2D eigenvalue weighted by molar-refractivity contribution is 7.89. The van der Waals surface area contributed by atoms with E-state index in [0.29, 0.717) is 17.3 Å². The zero-order valence-corrected chi connectivity index (χ0v) is 13.4. The number of aromatic nitrogens is 2. The van der Waals surface area contributed by atoms with Crippen LogP contribution in [0.15, 0.2) is 35.4 Å². The summed E-state index contributed by atoms with van der Waals surface area (Å²) in [5.74, 6) is 0.293. The topological polar surface area (TPSA) is 81.2 Å². The van der Waals surface area contributed by atoms with Crippen molar-refractivity contribution in [1.29, 1.82) is 0 Å². The van der Waals surface area contributed by atoms with Crippen LogP contribution in [0.2, 0.25) is 0 Å². The van der Waals surface area contributed by atoms with Crippen LogP contribution in [0.3, 0.4) is 0 Å². The summed E-state index contributed by atoms with van der Waals surface area (Å²) in [6.07, 6.45) is 1.78. The van der Waals surface area contributed by atoms with Crippen molar-refractivity contribution >= 4 is 15.7 Å². The average Bonchev–Trinajstić information content (AvgIpc) is 2.88. The standard InChI is InChI=1S/C14H20N4O2S/c1-10(2)13-7-8-18(16-13)14-9-11(5-6-12(14)15)21(19,20)17(3)4/h5-10H,15H2,1-4H3. The van der Waals surface area contributed by atoms with Crippen molar-refractivity contribution in [3.05, 3.63) is 36.2 Å². The summed E-state index contributed by atoms with van der Waals surface area (Å²) in [6.45, 7) is 4.09. The largest absolute Gasteiger partial charge is 0.397 e. The highest BCUT2D eigenvalue weighted by Crippen LogP contribution is 2.24. The Morgan fingerprint density at radius 2 is 1.90 bits per heavy atom. The highest BCUT2D eigenvalue weighted by Gasteiger charge is 2.19. The van der Waals surface area contributed by atoms with Crippen LogP contribution in [0.4, 0.5) is 5.69 Å². The molecule has 2 aromatic rings. The fourth-order valence-corrected chi connectivity index (χ4v) is 2.80. The fraction of sp³-hybridized carbons (Fsp3) is 0.357. The predicted octanol–water partition coefficient (Wildman–Crippen LogP) is 1.83. The normalized spacial score (nSPS) is 12.3. The van der Waals surface area contributed by atoms with Gasteiger partial charge in [0, 0.05) is 20.3 Å². The Balaban J connectivity index is 2.54. The molecule has 0 aliphatic heterocycles. The molecule has 6 nitrogen and oxygen atoms in total. The van der Waals surface area contributed by atoms with Crippen molar-refractivity contribution in [2.24, 2.45) is 0 Å². The van der Waals surface area contributed by atoms with E-state index in [0.717, 1.165) is 5.69 Å². The lowest BCUT2D eigenvalue weighted by Crippen LogP contribution is -2.22. The Kier molecular flexibility index (Phi) is 4.06. The van der Waals surface area contributed by atoms with E-state index < -0.39 is 10.0 Å². The van der Waals surface area contributed by atoms with Gasteiger partial charge < -0.3 is 5.73 Å². The molecule has 0 fully saturated rings.